The second-order valence-electron chi connectivity index (χ2n) is 6.24. The maximum absolute atomic E-state index is 13.3. The van der Waals surface area contributed by atoms with E-state index in [1.54, 1.807) is 13.0 Å². The fourth-order valence-corrected chi connectivity index (χ4v) is 2.99. The van der Waals surface area contributed by atoms with Crippen molar-refractivity contribution in [3.05, 3.63) is 28.6 Å². The maximum Gasteiger partial charge on any atom is 0.250 e. The minimum Gasteiger partial charge on any atom is -0.366 e. The van der Waals surface area contributed by atoms with Crippen LogP contribution in [0.2, 0.25) is 0 Å². The Morgan fingerprint density at radius 2 is 1.95 bits per heavy atom. The van der Waals surface area contributed by atoms with Gasteiger partial charge in [0.05, 0.1) is 11.3 Å². The molecule has 0 saturated heterocycles. The van der Waals surface area contributed by atoms with Crippen molar-refractivity contribution in [2.45, 2.75) is 64.2 Å². The van der Waals surface area contributed by atoms with Crippen molar-refractivity contribution in [2.75, 3.05) is 0 Å². The molecule has 1 fully saturated rings. The monoisotopic (exact) mass is 296 g/mol. The van der Waals surface area contributed by atoms with Crippen molar-refractivity contribution < 1.29 is 13.6 Å². The number of aromatic nitrogens is 1. The molecular weight excluding hydrogens is 274 g/mol. The fourth-order valence-electron chi connectivity index (χ4n) is 2.99. The third-order valence-electron chi connectivity index (χ3n) is 4.26. The Morgan fingerprint density at radius 1 is 1.38 bits per heavy atom. The lowest BCUT2D eigenvalue weighted by molar-refractivity contribution is -0.0385. The molecule has 0 unspecified atom stereocenters. The summed E-state index contributed by atoms with van der Waals surface area (Å²) in [6.07, 6.45) is 0.700. The van der Waals surface area contributed by atoms with Crippen LogP contribution in [-0.2, 0) is 0 Å². The molecule has 0 radical (unpaired) electrons. The van der Waals surface area contributed by atoms with Crippen LogP contribution >= 0.6 is 0 Å². The Bertz CT molecular complexity index is 545. The van der Waals surface area contributed by atoms with Crippen LogP contribution in [0.5, 0.6) is 0 Å². The SMILES string of the molecule is Cc1nc(C2CCC(F)(F)CC2)c(C(C)C)cc1C(N)=O. The molecular formula is C16H22F2N2O. The molecule has 5 heteroatoms. The van der Waals surface area contributed by atoms with E-state index in [2.05, 4.69) is 4.98 Å². The number of halogens is 2. The molecule has 1 aromatic heterocycles. The number of rotatable bonds is 3. The van der Waals surface area contributed by atoms with Gasteiger partial charge in [-0.3, -0.25) is 9.78 Å². The van der Waals surface area contributed by atoms with Gasteiger partial charge in [-0.25, -0.2) is 8.78 Å². The van der Waals surface area contributed by atoms with Crippen molar-refractivity contribution in [1.82, 2.24) is 4.98 Å². The first kappa shape index (κ1) is 15.9. The quantitative estimate of drug-likeness (QED) is 0.919. The normalized spacial score (nSPS) is 19.0. The molecule has 1 heterocycles. The van der Waals surface area contributed by atoms with E-state index in [0.717, 1.165) is 11.3 Å². The van der Waals surface area contributed by atoms with E-state index in [0.29, 0.717) is 24.1 Å². The zero-order valence-electron chi connectivity index (χ0n) is 12.7. The van der Waals surface area contributed by atoms with E-state index in [-0.39, 0.29) is 24.7 Å². The van der Waals surface area contributed by atoms with Crippen LogP contribution in [0.1, 0.15) is 78.7 Å². The number of pyridine rings is 1. The summed E-state index contributed by atoms with van der Waals surface area (Å²) >= 11 is 0. The van der Waals surface area contributed by atoms with Crippen LogP contribution in [0.25, 0.3) is 0 Å². The molecule has 0 aromatic carbocycles. The summed E-state index contributed by atoms with van der Waals surface area (Å²) in [4.78, 5) is 16.0. The van der Waals surface area contributed by atoms with Gasteiger partial charge < -0.3 is 5.73 Å². The Labute approximate surface area is 123 Å². The van der Waals surface area contributed by atoms with Crippen LogP contribution in [-0.4, -0.2) is 16.8 Å². The summed E-state index contributed by atoms with van der Waals surface area (Å²) < 4.78 is 26.6. The molecule has 0 aliphatic heterocycles. The van der Waals surface area contributed by atoms with E-state index in [4.69, 9.17) is 5.73 Å². The molecule has 1 aliphatic rings. The molecule has 0 atom stereocenters. The summed E-state index contributed by atoms with van der Waals surface area (Å²) in [6, 6.07) is 1.79. The highest BCUT2D eigenvalue weighted by molar-refractivity contribution is 5.94. The van der Waals surface area contributed by atoms with Gasteiger partial charge in [0.1, 0.15) is 0 Å². The van der Waals surface area contributed by atoms with Crippen molar-refractivity contribution >= 4 is 5.91 Å². The van der Waals surface area contributed by atoms with Crippen molar-refractivity contribution in [1.29, 1.82) is 0 Å². The number of nitrogens with two attached hydrogens (primary N) is 1. The third kappa shape index (κ3) is 3.39. The molecule has 1 amide bonds. The number of hydrogen-bond donors (Lipinski definition) is 1. The minimum absolute atomic E-state index is 0.0441. The maximum atomic E-state index is 13.3. The molecule has 2 N–H and O–H groups in total. The van der Waals surface area contributed by atoms with E-state index in [9.17, 15) is 13.6 Å². The number of primary amides is 1. The zero-order chi connectivity index (χ0) is 15.8. The van der Waals surface area contributed by atoms with Crippen molar-refractivity contribution in [3.8, 4) is 0 Å². The molecule has 2 rings (SSSR count). The summed E-state index contributed by atoms with van der Waals surface area (Å²) in [5.74, 6) is -2.82. The molecule has 1 saturated carbocycles. The van der Waals surface area contributed by atoms with Gasteiger partial charge in [0, 0.05) is 24.5 Å². The van der Waals surface area contributed by atoms with Crippen molar-refractivity contribution in [2.24, 2.45) is 5.73 Å². The van der Waals surface area contributed by atoms with Crippen LogP contribution in [0.4, 0.5) is 8.78 Å². The average molecular weight is 296 g/mol. The summed E-state index contributed by atoms with van der Waals surface area (Å²) in [7, 11) is 0. The van der Waals surface area contributed by atoms with E-state index < -0.39 is 11.8 Å². The number of hydrogen-bond acceptors (Lipinski definition) is 2. The molecule has 0 bridgehead atoms. The van der Waals surface area contributed by atoms with Crippen LogP contribution in [0.3, 0.4) is 0 Å². The molecule has 1 aromatic rings. The number of carbonyl (C=O) groups is 1. The summed E-state index contributed by atoms with van der Waals surface area (Å²) in [5.41, 5.74) is 8.18. The topological polar surface area (TPSA) is 56.0 Å². The standard InChI is InChI=1S/C16H22F2N2O/c1-9(2)12-8-13(15(19)21)10(3)20-14(12)11-4-6-16(17,18)7-5-11/h8-9,11H,4-7H2,1-3H3,(H2,19,21). The van der Waals surface area contributed by atoms with Gasteiger partial charge in [-0.15, -0.1) is 0 Å². The highest BCUT2D eigenvalue weighted by Gasteiger charge is 2.36. The molecule has 1 aliphatic carbocycles. The molecule has 0 spiro atoms. The Morgan fingerprint density at radius 3 is 2.43 bits per heavy atom. The highest BCUT2D eigenvalue weighted by atomic mass is 19.3. The smallest absolute Gasteiger partial charge is 0.250 e. The lowest BCUT2D eigenvalue weighted by Gasteiger charge is -2.30. The second kappa shape index (κ2) is 5.70. The number of aryl methyl sites for hydroxylation is 1. The minimum atomic E-state index is -2.54. The average Bonchev–Trinajstić information content (AvgIpc) is 2.37. The van der Waals surface area contributed by atoms with Gasteiger partial charge in [-0.2, -0.15) is 0 Å². The van der Waals surface area contributed by atoms with Crippen molar-refractivity contribution in [3.63, 3.8) is 0 Å². The Kier molecular flexibility index (Phi) is 4.30. The van der Waals surface area contributed by atoms with Crippen LogP contribution in [0.15, 0.2) is 6.07 Å². The van der Waals surface area contributed by atoms with E-state index in [1.165, 1.54) is 0 Å². The lowest BCUT2D eigenvalue weighted by Crippen LogP contribution is -2.25. The summed E-state index contributed by atoms with van der Waals surface area (Å²) in [5, 5.41) is 0. The predicted octanol–water partition coefficient (Wildman–Crippen LogP) is 3.91. The zero-order valence-corrected chi connectivity index (χ0v) is 12.7. The number of alkyl halides is 2. The third-order valence-corrected chi connectivity index (χ3v) is 4.26. The van der Waals surface area contributed by atoms with E-state index >= 15 is 0 Å². The first-order valence-electron chi connectivity index (χ1n) is 7.40. The molecule has 3 nitrogen and oxygen atoms in total. The van der Waals surface area contributed by atoms with Gasteiger partial charge >= 0.3 is 0 Å². The number of carbonyl (C=O) groups excluding carboxylic acids is 1. The van der Waals surface area contributed by atoms with Gasteiger partial charge in [0.2, 0.25) is 5.92 Å². The number of nitrogens with zero attached hydrogens (tertiary/aromatic N) is 1. The van der Waals surface area contributed by atoms with Gasteiger partial charge in [-0.1, -0.05) is 13.8 Å². The van der Waals surface area contributed by atoms with Gasteiger partial charge in [0.15, 0.2) is 0 Å². The molecule has 116 valence electrons. The predicted molar refractivity (Wildman–Crippen MR) is 77.7 cm³/mol. The number of amides is 1. The second-order valence-corrected chi connectivity index (χ2v) is 6.24. The highest BCUT2D eigenvalue weighted by Crippen LogP contribution is 2.42. The first-order valence-corrected chi connectivity index (χ1v) is 7.40. The van der Waals surface area contributed by atoms with E-state index in [1.807, 2.05) is 13.8 Å². The lowest BCUT2D eigenvalue weighted by atomic mass is 9.81. The van der Waals surface area contributed by atoms with Crippen LogP contribution in [0, 0.1) is 6.92 Å². The fraction of sp³-hybridized carbons (Fsp3) is 0.625. The largest absolute Gasteiger partial charge is 0.366 e. The first-order chi connectivity index (χ1) is 9.71. The van der Waals surface area contributed by atoms with Gasteiger partial charge in [-0.05, 0) is 37.3 Å². The van der Waals surface area contributed by atoms with Crippen LogP contribution < -0.4 is 5.73 Å². The Hall–Kier alpha value is -1.52. The summed E-state index contributed by atoms with van der Waals surface area (Å²) in [6.45, 7) is 5.77. The Balaban J connectivity index is 2.39. The van der Waals surface area contributed by atoms with Gasteiger partial charge in [0.25, 0.3) is 5.91 Å². The molecule has 21 heavy (non-hydrogen) atoms.